The third-order valence-corrected chi connectivity index (χ3v) is 3.58. The van der Waals surface area contributed by atoms with Crippen LogP contribution in [-0.4, -0.2) is 30.8 Å². The number of carbonyl (C=O) groups excluding carboxylic acids is 1. The number of pyridine rings is 1. The Hall–Kier alpha value is -2.89. The Morgan fingerprint density at radius 1 is 1.17 bits per heavy atom. The fraction of sp³-hybridized carbons (Fsp3) is 0.235. The molecule has 1 aromatic carbocycles. The Kier molecular flexibility index (Phi) is 4.23. The Bertz CT molecular complexity index is 744. The number of ether oxygens (including phenoxy) is 2. The van der Waals surface area contributed by atoms with E-state index >= 15 is 0 Å². The summed E-state index contributed by atoms with van der Waals surface area (Å²) in [7, 11) is 3.13. The lowest BCUT2D eigenvalue weighted by Gasteiger charge is -2.14. The molecule has 1 amide bonds. The Morgan fingerprint density at radius 3 is 2.70 bits per heavy atom. The summed E-state index contributed by atoms with van der Waals surface area (Å²) < 4.78 is 10.5. The van der Waals surface area contributed by atoms with Crippen molar-refractivity contribution in [2.75, 3.05) is 19.2 Å². The first kappa shape index (κ1) is 15.0. The Balaban J connectivity index is 1.84. The predicted molar refractivity (Wildman–Crippen MR) is 87.0 cm³/mol. The molecule has 0 saturated carbocycles. The van der Waals surface area contributed by atoms with Gasteiger partial charge in [-0.25, -0.2) is 5.01 Å². The molecule has 6 heteroatoms. The van der Waals surface area contributed by atoms with Crippen LogP contribution in [0.5, 0.6) is 11.5 Å². The van der Waals surface area contributed by atoms with Gasteiger partial charge in [-0.05, 0) is 23.8 Å². The van der Waals surface area contributed by atoms with E-state index in [9.17, 15) is 4.79 Å². The van der Waals surface area contributed by atoms with Crippen LogP contribution in [0.25, 0.3) is 0 Å². The topological polar surface area (TPSA) is 64.0 Å². The van der Waals surface area contributed by atoms with Crippen LogP contribution >= 0.6 is 0 Å². The van der Waals surface area contributed by atoms with Crippen molar-refractivity contribution in [2.24, 2.45) is 5.10 Å². The summed E-state index contributed by atoms with van der Waals surface area (Å²) in [6, 6.07) is 9.14. The molecule has 23 heavy (non-hydrogen) atoms. The van der Waals surface area contributed by atoms with Gasteiger partial charge in [0.25, 0.3) is 5.91 Å². The molecule has 118 valence electrons. The second kappa shape index (κ2) is 6.48. The second-order valence-corrected chi connectivity index (χ2v) is 5.13. The average Bonchev–Trinajstić information content (AvgIpc) is 2.95. The number of hydrogen-bond donors (Lipinski definition) is 0. The van der Waals surface area contributed by atoms with Crippen molar-refractivity contribution in [3.05, 3.63) is 48.3 Å². The van der Waals surface area contributed by atoms with E-state index in [1.54, 1.807) is 44.8 Å². The normalized spacial score (nSPS) is 13.9. The van der Waals surface area contributed by atoms with Crippen molar-refractivity contribution < 1.29 is 14.3 Å². The summed E-state index contributed by atoms with van der Waals surface area (Å²) in [6.45, 7) is 0. The van der Waals surface area contributed by atoms with Gasteiger partial charge in [-0.2, -0.15) is 5.10 Å². The van der Waals surface area contributed by atoms with Crippen molar-refractivity contribution in [3.63, 3.8) is 0 Å². The number of hydrazone groups is 1. The standard InChI is InChI=1S/C17H17N3O3/c1-22-15-6-5-14(10-16(15)23-2)20-17(21)9-13(19-20)8-12-4-3-7-18-11-12/h3-7,10-11H,8-9H2,1-2H3. The fourth-order valence-electron chi connectivity index (χ4n) is 2.48. The van der Waals surface area contributed by atoms with E-state index in [0.29, 0.717) is 30.0 Å². The Morgan fingerprint density at radius 2 is 2.00 bits per heavy atom. The van der Waals surface area contributed by atoms with E-state index in [4.69, 9.17) is 9.47 Å². The molecule has 0 saturated heterocycles. The second-order valence-electron chi connectivity index (χ2n) is 5.13. The van der Waals surface area contributed by atoms with E-state index in [2.05, 4.69) is 10.1 Å². The molecule has 0 unspecified atom stereocenters. The average molecular weight is 311 g/mol. The predicted octanol–water partition coefficient (Wildman–Crippen LogP) is 2.43. The highest BCUT2D eigenvalue weighted by molar-refractivity contribution is 6.13. The van der Waals surface area contributed by atoms with Crippen molar-refractivity contribution in [1.82, 2.24) is 4.98 Å². The summed E-state index contributed by atoms with van der Waals surface area (Å²) in [4.78, 5) is 16.3. The molecule has 1 aliphatic heterocycles. The van der Waals surface area contributed by atoms with Crippen molar-refractivity contribution >= 4 is 17.3 Å². The van der Waals surface area contributed by atoms with E-state index in [0.717, 1.165) is 11.3 Å². The van der Waals surface area contributed by atoms with Crippen molar-refractivity contribution in [2.45, 2.75) is 12.8 Å². The zero-order valence-corrected chi connectivity index (χ0v) is 13.0. The maximum atomic E-state index is 12.3. The third kappa shape index (κ3) is 3.15. The molecule has 2 aromatic rings. The van der Waals surface area contributed by atoms with E-state index < -0.39 is 0 Å². The molecule has 6 nitrogen and oxygen atoms in total. The molecule has 3 rings (SSSR count). The van der Waals surface area contributed by atoms with Gasteiger partial charge >= 0.3 is 0 Å². The van der Waals surface area contributed by atoms with Crippen LogP contribution in [0, 0.1) is 0 Å². The lowest BCUT2D eigenvalue weighted by molar-refractivity contribution is -0.116. The highest BCUT2D eigenvalue weighted by atomic mass is 16.5. The number of aromatic nitrogens is 1. The monoisotopic (exact) mass is 311 g/mol. The van der Waals surface area contributed by atoms with Gasteiger partial charge in [0.2, 0.25) is 0 Å². The molecule has 1 aliphatic rings. The number of nitrogens with zero attached hydrogens (tertiary/aromatic N) is 3. The van der Waals surface area contributed by atoms with E-state index in [-0.39, 0.29) is 5.91 Å². The number of carbonyl (C=O) groups is 1. The Labute approximate surface area is 134 Å². The van der Waals surface area contributed by atoms with Gasteiger partial charge in [0.15, 0.2) is 11.5 Å². The lowest BCUT2D eigenvalue weighted by atomic mass is 10.1. The van der Waals surface area contributed by atoms with Crippen molar-refractivity contribution in [3.8, 4) is 11.5 Å². The molecule has 2 heterocycles. The molecular formula is C17H17N3O3. The van der Waals surface area contributed by atoms with Crippen LogP contribution in [0.2, 0.25) is 0 Å². The number of methoxy groups -OCH3 is 2. The minimum absolute atomic E-state index is 0.0592. The van der Waals surface area contributed by atoms with Gasteiger partial charge in [-0.3, -0.25) is 9.78 Å². The van der Waals surface area contributed by atoms with E-state index in [1.807, 2.05) is 12.1 Å². The minimum atomic E-state index is -0.0592. The molecule has 0 atom stereocenters. The fourth-order valence-corrected chi connectivity index (χ4v) is 2.48. The molecular weight excluding hydrogens is 294 g/mol. The number of hydrogen-bond acceptors (Lipinski definition) is 5. The molecule has 0 fully saturated rings. The number of amides is 1. The van der Waals surface area contributed by atoms with Gasteiger partial charge in [0.1, 0.15) is 0 Å². The van der Waals surface area contributed by atoms with Crippen LogP contribution in [0.4, 0.5) is 5.69 Å². The van der Waals surface area contributed by atoms with Crippen LogP contribution in [0.3, 0.4) is 0 Å². The van der Waals surface area contributed by atoms with Crippen LogP contribution < -0.4 is 14.5 Å². The summed E-state index contributed by atoms with van der Waals surface area (Å²) in [5.41, 5.74) is 2.51. The maximum absolute atomic E-state index is 12.3. The third-order valence-electron chi connectivity index (χ3n) is 3.58. The highest BCUT2D eigenvalue weighted by Gasteiger charge is 2.26. The molecule has 0 radical (unpaired) electrons. The van der Waals surface area contributed by atoms with Gasteiger partial charge in [0, 0.05) is 24.9 Å². The molecule has 0 aliphatic carbocycles. The quantitative estimate of drug-likeness (QED) is 0.851. The molecule has 0 bridgehead atoms. The summed E-state index contributed by atoms with van der Waals surface area (Å²) in [5, 5.41) is 5.85. The minimum Gasteiger partial charge on any atom is -0.493 e. The van der Waals surface area contributed by atoms with E-state index in [1.165, 1.54) is 5.01 Å². The zero-order chi connectivity index (χ0) is 16.2. The van der Waals surface area contributed by atoms with Crippen LogP contribution in [0.1, 0.15) is 12.0 Å². The number of benzene rings is 1. The summed E-state index contributed by atoms with van der Waals surface area (Å²) in [6.07, 6.45) is 4.43. The first-order chi connectivity index (χ1) is 11.2. The van der Waals surface area contributed by atoms with Crippen molar-refractivity contribution in [1.29, 1.82) is 0 Å². The number of rotatable bonds is 5. The molecule has 1 aromatic heterocycles. The number of anilines is 1. The first-order valence-electron chi connectivity index (χ1n) is 7.21. The largest absolute Gasteiger partial charge is 0.493 e. The van der Waals surface area contributed by atoms with Gasteiger partial charge < -0.3 is 9.47 Å². The highest BCUT2D eigenvalue weighted by Crippen LogP contribution is 2.33. The lowest BCUT2D eigenvalue weighted by Crippen LogP contribution is -2.19. The first-order valence-corrected chi connectivity index (χ1v) is 7.21. The zero-order valence-electron chi connectivity index (χ0n) is 13.0. The van der Waals surface area contributed by atoms with Gasteiger partial charge in [-0.15, -0.1) is 0 Å². The molecule has 0 N–H and O–H groups in total. The van der Waals surface area contributed by atoms with Crippen LogP contribution in [0.15, 0.2) is 47.8 Å². The maximum Gasteiger partial charge on any atom is 0.253 e. The van der Waals surface area contributed by atoms with Gasteiger partial charge in [0.05, 0.1) is 32.0 Å². The smallest absolute Gasteiger partial charge is 0.253 e. The summed E-state index contributed by atoms with van der Waals surface area (Å²) in [5.74, 6) is 1.12. The summed E-state index contributed by atoms with van der Waals surface area (Å²) >= 11 is 0. The van der Waals surface area contributed by atoms with Crippen LogP contribution in [-0.2, 0) is 11.2 Å². The van der Waals surface area contributed by atoms with Gasteiger partial charge in [-0.1, -0.05) is 6.07 Å². The molecule has 0 spiro atoms. The SMILES string of the molecule is COc1ccc(N2N=C(Cc3cccnc3)CC2=O)cc1OC.